The Morgan fingerprint density at radius 1 is 1.32 bits per heavy atom. The van der Waals surface area contributed by atoms with Gasteiger partial charge in [0.15, 0.2) is 0 Å². The van der Waals surface area contributed by atoms with E-state index in [9.17, 15) is 4.79 Å². The predicted molar refractivity (Wildman–Crippen MR) is 83.2 cm³/mol. The van der Waals surface area contributed by atoms with E-state index in [1.807, 2.05) is 31.2 Å². The first-order chi connectivity index (χ1) is 9.13. The van der Waals surface area contributed by atoms with Crippen molar-refractivity contribution >= 4 is 38.9 Å². The molecule has 3 rings (SSSR count). The van der Waals surface area contributed by atoms with Crippen molar-refractivity contribution in [3.05, 3.63) is 49.6 Å². The summed E-state index contributed by atoms with van der Waals surface area (Å²) in [6, 6.07) is 7.91. The number of hydrogen-bond acceptors (Lipinski definition) is 2. The molecule has 1 aromatic carbocycles. The fraction of sp³-hybridized carbons (Fsp3) is 0.267. The second-order valence-electron chi connectivity index (χ2n) is 4.83. The van der Waals surface area contributed by atoms with Gasteiger partial charge in [-0.3, -0.25) is 4.79 Å². The largest absolute Gasteiger partial charge is 0.321 e. The number of nitrogens with one attached hydrogen (secondary N) is 1. The van der Waals surface area contributed by atoms with E-state index in [0.717, 1.165) is 33.4 Å². The number of halogens is 1. The van der Waals surface area contributed by atoms with Crippen LogP contribution in [0.3, 0.4) is 0 Å². The molecule has 0 atom stereocenters. The summed E-state index contributed by atoms with van der Waals surface area (Å²) in [5.74, 6) is -0.00449. The van der Waals surface area contributed by atoms with Crippen LogP contribution in [0.4, 0.5) is 5.69 Å². The lowest BCUT2D eigenvalue weighted by Crippen LogP contribution is -2.10. The van der Waals surface area contributed by atoms with Gasteiger partial charge in [-0.05, 0) is 55.5 Å². The Labute approximate surface area is 125 Å². The second kappa shape index (κ2) is 5.10. The summed E-state index contributed by atoms with van der Waals surface area (Å²) in [5.41, 5.74) is 3.35. The van der Waals surface area contributed by atoms with Crippen LogP contribution in [0.5, 0.6) is 0 Å². The van der Waals surface area contributed by atoms with Crippen LogP contribution < -0.4 is 5.32 Å². The molecule has 1 N–H and O–H groups in total. The number of amides is 1. The first kappa shape index (κ1) is 12.9. The molecule has 0 unspecified atom stereocenters. The fourth-order valence-corrected chi connectivity index (χ4v) is 3.83. The van der Waals surface area contributed by atoms with Crippen LogP contribution in [0.2, 0.25) is 0 Å². The van der Waals surface area contributed by atoms with E-state index in [-0.39, 0.29) is 5.91 Å². The molecule has 2 nitrogen and oxygen atoms in total. The third kappa shape index (κ3) is 2.60. The zero-order chi connectivity index (χ0) is 13.4. The molecule has 0 radical (unpaired) electrons. The van der Waals surface area contributed by atoms with Gasteiger partial charge in [0, 0.05) is 15.0 Å². The standard InChI is InChI=1S/C15H14BrNOS/c1-9-5-6-11(8-12(9)16)17-15(18)14-7-10-3-2-4-13(10)19-14/h5-8H,2-4H2,1H3,(H,17,18). The zero-order valence-corrected chi connectivity index (χ0v) is 13.0. The molecule has 0 saturated carbocycles. The number of carbonyl (C=O) groups excluding carboxylic acids is 1. The summed E-state index contributed by atoms with van der Waals surface area (Å²) in [7, 11) is 0. The summed E-state index contributed by atoms with van der Waals surface area (Å²) in [6.07, 6.45) is 3.48. The SMILES string of the molecule is Cc1ccc(NC(=O)c2cc3c(s2)CCC3)cc1Br. The van der Waals surface area contributed by atoms with E-state index >= 15 is 0 Å². The quantitative estimate of drug-likeness (QED) is 0.856. The number of benzene rings is 1. The molecule has 0 spiro atoms. The molecular weight excluding hydrogens is 322 g/mol. The molecule has 98 valence electrons. The number of anilines is 1. The minimum absolute atomic E-state index is 0.00449. The molecule has 0 saturated heterocycles. The molecule has 0 fully saturated rings. The van der Waals surface area contributed by atoms with Gasteiger partial charge in [-0.1, -0.05) is 22.0 Å². The van der Waals surface area contributed by atoms with E-state index < -0.39 is 0 Å². The third-order valence-corrected chi connectivity index (χ3v) is 5.49. The van der Waals surface area contributed by atoms with Gasteiger partial charge in [0.25, 0.3) is 5.91 Å². The Morgan fingerprint density at radius 2 is 2.16 bits per heavy atom. The van der Waals surface area contributed by atoms with Crippen LogP contribution in [0.25, 0.3) is 0 Å². The molecule has 1 heterocycles. The Morgan fingerprint density at radius 3 is 2.89 bits per heavy atom. The van der Waals surface area contributed by atoms with Crippen LogP contribution in [-0.2, 0) is 12.8 Å². The van der Waals surface area contributed by atoms with Crippen LogP contribution in [0, 0.1) is 6.92 Å². The van der Waals surface area contributed by atoms with Gasteiger partial charge in [-0.15, -0.1) is 11.3 Å². The summed E-state index contributed by atoms with van der Waals surface area (Å²) >= 11 is 5.11. The smallest absolute Gasteiger partial charge is 0.265 e. The van der Waals surface area contributed by atoms with Crippen molar-refractivity contribution in [1.29, 1.82) is 0 Å². The topological polar surface area (TPSA) is 29.1 Å². The number of aryl methyl sites for hydroxylation is 3. The molecule has 1 aliphatic rings. The predicted octanol–water partition coefficient (Wildman–Crippen LogP) is 4.56. The van der Waals surface area contributed by atoms with Crippen molar-refractivity contribution in [3.8, 4) is 0 Å². The highest BCUT2D eigenvalue weighted by atomic mass is 79.9. The minimum atomic E-state index is -0.00449. The molecule has 1 aromatic heterocycles. The molecule has 1 amide bonds. The second-order valence-corrected chi connectivity index (χ2v) is 6.82. The average molecular weight is 336 g/mol. The maximum absolute atomic E-state index is 12.2. The van der Waals surface area contributed by atoms with Crippen molar-refractivity contribution < 1.29 is 4.79 Å². The van der Waals surface area contributed by atoms with Crippen molar-refractivity contribution in [2.45, 2.75) is 26.2 Å². The van der Waals surface area contributed by atoms with E-state index in [1.165, 1.54) is 16.9 Å². The maximum atomic E-state index is 12.2. The Balaban J connectivity index is 1.78. The highest BCUT2D eigenvalue weighted by Crippen LogP contribution is 2.31. The summed E-state index contributed by atoms with van der Waals surface area (Å²) in [5, 5.41) is 2.96. The number of rotatable bonds is 2. The Bertz CT molecular complexity index is 626. The highest BCUT2D eigenvalue weighted by Gasteiger charge is 2.18. The van der Waals surface area contributed by atoms with Crippen LogP contribution >= 0.6 is 27.3 Å². The van der Waals surface area contributed by atoms with Crippen molar-refractivity contribution in [2.75, 3.05) is 5.32 Å². The summed E-state index contributed by atoms with van der Waals surface area (Å²) in [4.78, 5) is 14.4. The Kier molecular flexibility index (Phi) is 3.46. The van der Waals surface area contributed by atoms with Crippen molar-refractivity contribution in [1.82, 2.24) is 0 Å². The number of carbonyl (C=O) groups is 1. The van der Waals surface area contributed by atoms with E-state index in [1.54, 1.807) is 11.3 Å². The van der Waals surface area contributed by atoms with Crippen LogP contribution in [0.15, 0.2) is 28.7 Å². The Hall–Kier alpha value is -1.13. The molecule has 4 heteroatoms. The number of fused-ring (bicyclic) bond motifs is 1. The average Bonchev–Trinajstić information content (AvgIpc) is 2.94. The number of hydrogen-bond donors (Lipinski definition) is 1. The molecule has 1 aliphatic carbocycles. The van der Waals surface area contributed by atoms with Gasteiger partial charge in [0.05, 0.1) is 4.88 Å². The summed E-state index contributed by atoms with van der Waals surface area (Å²) < 4.78 is 1.01. The molecular formula is C15H14BrNOS. The number of thiophene rings is 1. The highest BCUT2D eigenvalue weighted by molar-refractivity contribution is 9.10. The van der Waals surface area contributed by atoms with E-state index in [0.29, 0.717) is 0 Å². The fourth-order valence-electron chi connectivity index (χ4n) is 2.30. The lowest BCUT2D eigenvalue weighted by molar-refractivity contribution is 0.103. The summed E-state index contributed by atoms with van der Waals surface area (Å²) in [6.45, 7) is 2.03. The normalized spacial score (nSPS) is 13.4. The zero-order valence-electron chi connectivity index (χ0n) is 10.6. The first-order valence-corrected chi connectivity index (χ1v) is 7.93. The van der Waals surface area contributed by atoms with Gasteiger partial charge >= 0.3 is 0 Å². The lowest BCUT2D eigenvalue weighted by Gasteiger charge is -2.05. The van der Waals surface area contributed by atoms with Crippen LogP contribution in [-0.4, -0.2) is 5.91 Å². The van der Waals surface area contributed by atoms with E-state index in [4.69, 9.17) is 0 Å². The van der Waals surface area contributed by atoms with Crippen molar-refractivity contribution in [3.63, 3.8) is 0 Å². The van der Waals surface area contributed by atoms with Gasteiger partial charge in [-0.25, -0.2) is 0 Å². The van der Waals surface area contributed by atoms with Gasteiger partial charge in [-0.2, -0.15) is 0 Å². The molecule has 19 heavy (non-hydrogen) atoms. The van der Waals surface area contributed by atoms with Crippen LogP contribution in [0.1, 0.15) is 32.1 Å². The molecule has 2 aromatic rings. The third-order valence-electron chi connectivity index (χ3n) is 3.40. The lowest BCUT2D eigenvalue weighted by atomic mass is 10.2. The minimum Gasteiger partial charge on any atom is -0.321 e. The van der Waals surface area contributed by atoms with Gasteiger partial charge in [0.1, 0.15) is 0 Å². The first-order valence-electron chi connectivity index (χ1n) is 6.32. The monoisotopic (exact) mass is 335 g/mol. The van der Waals surface area contributed by atoms with Gasteiger partial charge in [0.2, 0.25) is 0 Å². The molecule has 0 aliphatic heterocycles. The maximum Gasteiger partial charge on any atom is 0.265 e. The van der Waals surface area contributed by atoms with E-state index in [2.05, 4.69) is 21.2 Å². The van der Waals surface area contributed by atoms with Gasteiger partial charge < -0.3 is 5.32 Å². The molecule has 0 bridgehead atoms. The van der Waals surface area contributed by atoms with Crippen molar-refractivity contribution in [2.24, 2.45) is 0 Å².